The zero-order valence-electron chi connectivity index (χ0n) is 21.8. The number of nitrogens with one attached hydrogen (secondary N) is 1. The molecule has 0 aliphatic carbocycles. The van der Waals surface area contributed by atoms with Gasteiger partial charge >= 0.3 is 0 Å². The van der Waals surface area contributed by atoms with E-state index < -0.39 is 28.5 Å². The number of hydrogen-bond donors (Lipinski definition) is 1. The third-order valence-electron chi connectivity index (χ3n) is 6.11. The normalized spacial score (nSPS) is 12.1. The van der Waals surface area contributed by atoms with Crippen molar-refractivity contribution in [1.82, 2.24) is 10.2 Å². The third kappa shape index (κ3) is 7.66. The molecule has 7 nitrogen and oxygen atoms in total. The van der Waals surface area contributed by atoms with E-state index in [4.69, 9.17) is 34.8 Å². The van der Waals surface area contributed by atoms with Gasteiger partial charge in [0, 0.05) is 33.7 Å². The Labute approximate surface area is 244 Å². The summed E-state index contributed by atoms with van der Waals surface area (Å²) in [5, 5.41) is 3.85. The van der Waals surface area contributed by atoms with Crippen LogP contribution >= 0.6 is 34.8 Å². The maximum absolute atomic E-state index is 13.9. The van der Waals surface area contributed by atoms with E-state index in [2.05, 4.69) is 5.32 Å². The van der Waals surface area contributed by atoms with Crippen LogP contribution in [-0.2, 0) is 26.2 Å². The summed E-state index contributed by atoms with van der Waals surface area (Å²) < 4.78 is 28.6. The lowest BCUT2D eigenvalue weighted by Crippen LogP contribution is -2.51. The highest BCUT2D eigenvalue weighted by molar-refractivity contribution is 7.92. The van der Waals surface area contributed by atoms with Crippen LogP contribution in [0.1, 0.15) is 31.4 Å². The zero-order chi connectivity index (χ0) is 28.7. The van der Waals surface area contributed by atoms with Crippen molar-refractivity contribution in [1.29, 1.82) is 0 Å². The summed E-state index contributed by atoms with van der Waals surface area (Å²) >= 11 is 18.8. The maximum atomic E-state index is 13.9. The quantitative estimate of drug-likeness (QED) is 0.285. The second kappa shape index (κ2) is 13.5. The van der Waals surface area contributed by atoms with Crippen molar-refractivity contribution in [3.8, 4) is 0 Å². The lowest BCUT2D eigenvalue weighted by atomic mass is 10.1. The number of halogens is 3. The summed E-state index contributed by atoms with van der Waals surface area (Å²) in [6.07, 6.45) is 0.710. The van der Waals surface area contributed by atoms with Crippen LogP contribution in [0.5, 0.6) is 0 Å². The summed E-state index contributed by atoms with van der Waals surface area (Å²) in [4.78, 5) is 28.1. The first-order chi connectivity index (χ1) is 18.4. The minimum absolute atomic E-state index is 0.0188. The second-order valence-corrected chi connectivity index (χ2v) is 12.1. The summed E-state index contributed by atoms with van der Waals surface area (Å²) in [6, 6.07) is 16.5. The SMILES string of the molecule is CCCNC(=O)[C@@H](C)N(Cc1c(Cl)cccc1Cl)C(=O)CN(c1ccc(Cl)cc1)S(=O)(=O)c1ccc(C)cc1. The van der Waals surface area contributed by atoms with Crippen LogP contribution in [-0.4, -0.2) is 44.3 Å². The van der Waals surface area contributed by atoms with E-state index in [0.717, 1.165) is 9.87 Å². The van der Waals surface area contributed by atoms with Crippen molar-refractivity contribution < 1.29 is 18.0 Å². The number of hydrogen-bond acceptors (Lipinski definition) is 4. The smallest absolute Gasteiger partial charge is 0.264 e. The number of nitrogens with zero attached hydrogens (tertiary/aromatic N) is 2. The van der Waals surface area contributed by atoms with E-state index >= 15 is 0 Å². The Morgan fingerprint density at radius 3 is 2.08 bits per heavy atom. The molecule has 0 radical (unpaired) electrons. The lowest BCUT2D eigenvalue weighted by Gasteiger charge is -2.32. The van der Waals surface area contributed by atoms with Gasteiger partial charge in [0.2, 0.25) is 11.8 Å². The molecule has 1 N–H and O–H groups in total. The Bertz CT molecular complexity index is 1390. The maximum Gasteiger partial charge on any atom is 0.264 e. The van der Waals surface area contributed by atoms with Crippen molar-refractivity contribution in [3.05, 3.63) is 92.9 Å². The van der Waals surface area contributed by atoms with Gasteiger partial charge in [0.1, 0.15) is 12.6 Å². The summed E-state index contributed by atoms with van der Waals surface area (Å²) in [7, 11) is -4.17. The van der Waals surface area contributed by atoms with Gasteiger partial charge in [0.05, 0.1) is 10.6 Å². The Morgan fingerprint density at radius 1 is 0.923 bits per heavy atom. The van der Waals surface area contributed by atoms with Gasteiger partial charge in [-0.15, -0.1) is 0 Å². The minimum atomic E-state index is -4.17. The molecular formula is C28H30Cl3N3O4S. The van der Waals surface area contributed by atoms with Gasteiger partial charge in [-0.1, -0.05) is 65.5 Å². The second-order valence-electron chi connectivity index (χ2n) is 8.99. The molecule has 3 rings (SSSR count). The number of benzene rings is 3. The average Bonchev–Trinajstić information content (AvgIpc) is 2.90. The largest absolute Gasteiger partial charge is 0.354 e. The highest BCUT2D eigenvalue weighted by Gasteiger charge is 2.33. The molecule has 0 unspecified atom stereocenters. The van der Waals surface area contributed by atoms with Crippen LogP contribution in [0.25, 0.3) is 0 Å². The molecule has 3 aromatic carbocycles. The van der Waals surface area contributed by atoms with Gasteiger partial charge in [-0.3, -0.25) is 13.9 Å². The fourth-order valence-corrected chi connectivity index (χ4v) is 5.86. The van der Waals surface area contributed by atoms with Crippen molar-refractivity contribution in [3.63, 3.8) is 0 Å². The number of carbonyl (C=O) groups excluding carboxylic acids is 2. The predicted molar refractivity (Wildman–Crippen MR) is 157 cm³/mol. The molecule has 0 saturated carbocycles. The van der Waals surface area contributed by atoms with Crippen LogP contribution < -0.4 is 9.62 Å². The number of amides is 2. The van der Waals surface area contributed by atoms with Crippen LogP contribution in [0.3, 0.4) is 0 Å². The summed E-state index contributed by atoms with van der Waals surface area (Å²) in [5.41, 5.74) is 1.58. The van der Waals surface area contributed by atoms with Crippen LogP contribution in [0.4, 0.5) is 5.69 Å². The first-order valence-electron chi connectivity index (χ1n) is 12.3. The molecule has 0 aromatic heterocycles. The Kier molecular flexibility index (Phi) is 10.7. The highest BCUT2D eigenvalue weighted by atomic mass is 35.5. The molecule has 0 heterocycles. The predicted octanol–water partition coefficient (Wildman–Crippen LogP) is 6.09. The fourth-order valence-electron chi connectivity index (χ4n) is 3.81. The first kappa shape index (κ1) is 30.8. The molecule has 208 valence electrons. The zero-order valence-corrected chi connectivity index (χ0v) is 24.9. The van der Waals surface area contributed by atoms with Gasteiger partial charge in [0.25, 0.3) is 10.0 Å². The molecule has 2 amide bonds. The van der Waals surface area contributed by atoms with E-state index in [0.29, 0.717) is 33.6 Å². The van der Waals surface area contributed by atoms with Crippen LogP contribution in [0.15, 0.2) is 71.6 Å². The molecule has 0 aliphatic heterocycles. The van der Waals surface area contributed by atoms with Crippen LogP contribution in [0, 0.1) is 6.92 Å². The van der Waals surface area contributed by atoms with E-state index in [1.54, 1.807) is 49.4 Å². The molecule has 3 aromatic rings. The van der Waals surface area contributed by atoms with Gasteiger partial charge in [-0.2, -0.15) is 0 Å². The number of rotatable bonds is 11. The summed E-state index contributed by atoms with van der Waals surface area (Å²) in [6.45, 7) is 5.09. The fraction of sp³-hybridized carbons (Fsp3) is 0.286. The van der Waals surface area contributed by atoms with Gasteiger partial charge < -0.3 is 10.2 Å². The molecule has 0 bridgehead atoms. The Morgan fingerprint density at radius 2 is 1.51 bits per heavy atom. The summed E-state index contributed by atoms with van der Waals surface area (Å²) in [5.74, 6) is -0.997. The average molecular weight is 611 g/mol. The van der Waals surface area contributed by atoms with Crippen molar-refractivity contribution in [2.45, 2.75) is 44.7 Å². The number of aryl methyl sites for hydroxylation is 1. The highest BCUT2D eigenvalue weighted by Crippen LogP contribution is 2.29. The number of anilines is 1. The van der Waals surface area contributed by atoms with Crippen LogP contribution in [0.2, 0.25) is 15.1 Å². The van der Waals surface area contributed by atoms with Gasteiger partial charge in [-0.25, -0.2) is 8.42 Å². The molecule has 0 fully saturated rings. The molecule has 0 saturated heterocycles. The van der Waals surface area contributed by atoms with Gasteiger partial charge in [-0.05, 0) is 68.8 Å². The number of carbonyl (C=O) groups is 2. The lowest BCUT2D eigenvalue weighted by molar-refractivity contribution is -0.139. The molecule has 0 spiro atoms. The van der Waals surface area contributed by atoms with E-state index in [1.165, 1.54) is 29.2 Å². The van der Waals surface area contributed by atoms with E-state index in [9.17, 15) is 18.0 Å². The van der Waals surface area contributed by atoms with Crippen molar-refractivity contribution >= 4 is 62.3 Å². The molecule has 11 heteroatoms. The van der Waals surface area contributed by atoms with Crippen molar-refractivity contribution in [2.24, 2.45) is 0 Å². The number of sulfonamides is 1. The molecule has 39 heavy (non-hydrogen) atoms. The Balaban J connectivity index is 2.05. The third-order valence-corrected chi connectivity index (χ3v) is 8.86. The first-order valence-corrected chi connectivity index (χ1v) is 14.9. The minimum Gasteiger partial charge on any atom is -0.354 e. The van der Waals surface area contributed by atoms with E-state index in [-0.39, 0.29) is 23.0 Å². The Hall–Kier alpha value is -2.78. The monoisotopic (exact) mass is 609 g/mol. The molecule has 1 atom stereocenters. The topological polar surface area (TPSA) is 86.8 Å². The van der Waals surface area contributed by atoms with E-state index in [1.807, 2.05) is 13.8 Å². The van der Waals surface area contributed by atoms with Crippen molar-refractivity contribution in [2.75, 3.05) is 17.4 Å². The molecular weight excluding hydrogens is 581 g/mol. The standard InChI is InChI=1S/C28H30Cl3N3O4S/c1-4-16-32-28(36)20(3)33(17-24-25(30)6-5-7-26(24)31)27(35)18-34(22-12-10-21(29)11-13-22)39(37,38)23-14-8-19(2)9-15-23/h5-15,20H,4,16-18H2,1-3H3,(H,32,36)/t20-/m1/s1. The molecule has 0 aliphatic rings. The van der Waals surface area contributed by atoms with Gasteiger partial charge in [0.15, 0.2) is 0 Å².